The summed E-state index contributed by atoms with van der Waals surface area (Å²) in [4.78, 5) is 10.2. The van der Waals surface area contributed by atoms with Crippen LogP contribution in [0.5, 0.6) is 11.5 Å². The minimum absolute atomic E-state index is 0.376. The Kier molecular flexibility index (Phi) is 4.50. The van der Waals surface area contributed by atoms with Gasteiger partial charge in [-0.1, -0.05) is 0 Å². The number of ether oxygens (including phenoxy) is 2. The highest BCUT2D eigenvalue weighted by molar-refractivity contribution is 5.63. The Morgan fingerprint density at radius 3 is 2.48 bits per heavy atom. The van der Waals surface area contributed by atoms with E-state index < -0.39 is 0 Å². The molecule has 2 rings (SSSR count). The van der Waals surface area contributed by atoms with E-state index in [0.717, 1.165) is 5.56 Å². The first kappa shape index (κ1) is 14.5. The van der Waals surface area contributed by atoms with Crippen LogP contribution in [0.4, 0.5) is 17.1 Å². The SMILES string of the molecule is COc1cc(/N=N/c2ccc(OC=O)cc2)c(C)cc1N. The molecular weight excluding hydrogens is 270 g/mol. The number of methoxy groups -OCH3 is 1. The monoisotopic (exact) mass is 285 g/mol. The number of hydrogen-bond acceptors (Lipinski definition) is 6. The van der Waals surface area contributed by atoms with Crippen molar-refractivity contribution in [1.29, 1.82) is 0 Å². The van der Waals surface area contributed by atoms with Crippen molar-refractivity contribution in [3.05, 3.63) is 42.0 Å². The molecule has 6 nitrogen and oxygen atoms in total. The fraction of sp³-hybridized carbons (Fsp3) is 0.133. The molecule has 0 fully saturated rings. The number of aryl methyl sites for hydroxylation is 1. The zero-order valence-corrected chi connectivity index (χ0v) is 11.7. The summed E-state index contributed by atoms with van der Waals surface area (Å²) < 4.78 is 9.86. The zero-order chi connectivity index (χ0) is 15.2. The van der Waals surface area contributed by atoms with Gasteiger partial charge in [-0.3, -0.25) is 4.79 Å². The summed E-state index contributed by atoms with van der Waals surface area (Å²) in [7, 11) is 1.55. The molecule has 0 amide bonds. The van der Waals surface area contributed by atoms with Crippen LogP contribution in [0.1, 0.15) is 5.56 Å². The number of hydrogen-bond donors (Lipinski definition) is 1. The molecule has 0 aliphatic carbocycles. The predicted molar refractivity (Wildman–Crippen MR) is 79.5 cm³/mol. The Labute approximate surface area is 122 Å². The second-order valence-electron chi connectivity index (χ2n) is 4.29. The van der Waals surface area contributed by atoms with Gasteiger partial charge in [0, 0.05) is 6.07 Å². The van der Waals surface area contributed by atoms with E-state index in [4.69, 9.17) is 15.2 Å². The van der Waals surface area contributed by atoms with E-state index in [1.165, 1.54) is 0 Å². The van der Waals surface area contributed by atoms with Gasteiger partial charge in [0.2, 0.25) is 0 Å². The van der Waals surface area contributed by atoms with Crippen molar-refractivity contribution in [3.8, 4) is 11.5 Å². The number of benzene rings is 2. The summed E-state index contributed by atoms with van der Waals surface area (Å²) in [6.07, 6.45) is 0. The molecule has 2 aromatic rings. The molecule has 0 bridgehead atoms. The van der Waals surface area contributed by atoms with Crippen molar-refractivity contribution < 1.29 is 14.3 Å². The van der Waals surface area contributed by atoms with Crippen molar-refractivity contribution in [2.75, 3.05) is 12.8 Å². The summed E-state index contributed by atoms with van der Waals surface area (Å²) >= 11 is 0. The Balaban J connectivity index is 2.22. The van der Waals surface area contributed by atoms with Crippen LogP contribution in [-0.4, -0.2) is 13.6 Å². The first-order chi connectivity index (χ1) is 10.1. The minimum Gasteiger partial charge on any atom is -0.495 e. The fourth-order valence-electron chi connectivity index (χ4n) is 1.74. The summed E-state index contributed by atoms with van der Waals surface area (Å²) in [6, 6.07) is 10.2. The normalized spacial score (nSPS) is 10.6. The maximum atomic E-state index is 10.2. The van der Waals surface area contributed by atoms with Gasteiger partial charge < -0.3 is 15.2 Å². The lowest BCUT2D eigenvalue weighted by Crippen LogP contribution is -1.92. The van der Waals surface area contributed by atoms with Crippen LogP contribution in [0.25, 0.3) is 0 Å². The van der Waals surface area contributed by atoms with E-state index >= 15 is 0 Å². The van der Waals surface area contributed by atoms with E-state index in [9.17, 15) is 4.79 Å². The van der Waals surface area contributed by atoms with Crippen molar-refractivity contribution in [2.45, 2.75) is 6.92 Å². The zero-order valence-electron chi connectivity index (χ0n) is 11.7. The van der Waals surface area contributed by atoms with Crippen LogP contribution in [0, 0.1) is 6.92 Å². The molecule has 0 heterocycles. The van der Waals surface area contributed by atoms with E-state index in [2.05, 4.69) is 10.2 Å². The van der Waals surface area contributed by atoms with E-state index in [1.807, 2.05) is 6.92 Å². The molecule has 0 saturated heterocycles. The molecule has 21 heavy (non-hydrogen) atoms. The van der Waals surface area contributed by atoms with Crippen LogP contribution in [0.2, 0.25) is 0 Å². The molecule has 0 spiro atoms. The Morgan fingerprint density at radius 2 is 1.86 bits per heavy atom. The fourth-order valence-corrected chi connectivity index (χ4v) is 1.74. The van der Waals surface area contributed by atoms with Gasteiger partial charge in [-0.25, -0.2) is 0 Å². The number of carbonyl (C=O) groups is 1. The molecule has 108 valence electrons. The van der Waals surface area contributed by atoms with Crippen LogP contribution in [0.3, 0.4) is 0 Å². The Morgan fingerprint density at radius 1 is 1.14 bits per heavy atom. The van der Waals surface area contributed by atoms with Gasteiger partial charge in [0.05, 0.1) is 24.2 Å². The number of azo groups is 1. The Hall–Kier alpha value is -2.89. The third kappa shape index (κ3) is 3.56. The highest BCUT2D eigenvalue weighted by atomic mass is 16.5. The summed E-state index contributed by atoms with van der Waals surface area (Å²) in [6.45, 7) is 2.27. The second kappa shape index (κ2) is 6.51. The van der Waals surface area contributed by atoms with Gasteiger partial charge in [0.1, 0.15) is 11.5 Å². The quantitative estimate of drug-likeness (QED) is 0.517. The minimum atomic E-state index is 0.376. The third-order valence-electron chi connectivity index (χ3n) is 2.84. The molecule has 0 unspecified atom stereocenters. The molecule has 0 aromatic heterocycles. The standard InChI is InChI=1S/C15H15N3O3/c1-10-7-13(16)15(20-2)8-14(10)18-17-11-3-5-12(6-4-11)21-9-19/h3-9H,16H2,1-2H3/b18-17+. The molecule has 6 heteroatoms. The lowest BCUT2D eigenvalue weighted by molar-refractivity contribution is -0.120. The first-order valence-electron chi connectivity index (χ1n) is 6.20. The van der Waals surface area contributed by atoms with Gasteiger partial charge in [-0.05, 0) is 42.8 Å². The van der Waals surface area contributed by atoms with Gasteiger partial charge in [-0.15, -0.1) is 0 Å². The molecule has 0 aliphatic rings. The van der Waals surface area contributed by atoms with Crippen LogP contribution >= 0.6 is 0 Å². The lowest BCUT2D eigenvalue weighted by Gasteiger charge is -2.07. The highest BCUT2D eigenvalue weighted by Gasteiger charge is 2.05. The van der Waals surface area contributed by atoms with Crippen molar-refractivity contribution in [3.63, 3.8) is 0 Å². The molecule has 2 N–H and O–H groups in total. The number of anilines is 1. The van der Waals surface area contributed by atoms with Gasteiger partial charge in [-0.2, -0.15) is 10.2 Å². The average molecular weight is 285 g/mol. The molecule has 0 atom stereocenters. The smallest absolute Gasteiger partial charge is 0.298 e. The lowest BCUT2D eigenvalue weighted by atomic mass is 10.1. The summed E-state index contributed by atoms with van der Waals surface area (Å²) in [5.41, 5.74) is 8.59. The first-order valence-corrected chi connectivity index (χ1v) is 6.20. The van der Waals surface area contributed by atoms with Crippen molar-refractivity contribution >= 4 is 23.5 Å². The Bertz CT molecular complexity index is 667. The molecule has 2 aromatic carbocycles. The second-order valence-corrected chi connectivity index (χ2v) is 4.29. The summed E-state index contributed by atoms with van der Waals surface area (Å²) in [5, 5.41) is 8.31. The number of carbonyl (C=O) groups excluding carboxylic acids is 1. The van der Waals surface area contributed by atoms with Crippen molar-refractivity contribution in [2.24, 2.45) is 10.2 Å². The molecule has 0 aliphatic heterocycles. The number of rotatable bonds is 5. The van der Waals surface area contributed by atoms with Gasteiger partial charge in [0.25, 0.3) is 6.47 Å². The van der Waals surface area contributed by atoms with Crippen LogP contribution < -0.4 is 15.2 Å². The van der Waals surface area contributed by atoms with Gasteiger partial charge in [0.15, 0.2) is 0 Å². The number of nitrogens with two attached hydrogens (primary N) is 1. The van der Waals surface area contributed by atoms with E-state index in [-0.39, 0.29) is 0 Å². The number of nitrogen functional groups attached to an aromatic ring is 1. The predicted octanol–water partition coefficient (Wildman–Crippen LogP) is 3.54. The number of nitrogens with zero attached hydrogens (tertiary/aromatic N) is 2. The largest absolute Gasteiger partial charge is 0.495 e. The third-order valence-corrected chi connectivity index (χ3v) is 2.84. The maximum Gasteiger partial charge on any atom is 0.298 e. The molecule has 0 saturated carbocycles. The van der Waals surface area contributed by atoms with Crippen LogP contribution in [-0.2, 0) is 4.79 Å². The molecular formula is C15H15N3O3. The topological polar surface area (TPSA) is 86.3 Å². The maximum absolute atomic E-state index is 10.2. The van der Waals surface area contributed by atoms with E-state index in [0.29, 0.717) is 35.0 Å². The van der Waals surface area contributed by atoms with Gasteiger partial charge >= 0.3 is 0 Å². The van der Waals surface area contributed by atoms with E-state index in [1.54, 1.807) is 43.5 Å². The highest BCUT2D eigenvalue weighted by Crippen LogP contribution is 2.31. The summed E-state index contributed by atoms with van der Waals surface area (Å²) in [5.74, 6) is 1.01. The molecule has 0 radical (unpaired) electrons. The van der Waals surface area contributed by atoms with Crippen molar-refractivity contribution in [1.82, 2.24) is 0 Å². The van der Waals surface area contributed by atoms with Crippen LogP contribution in [0.15, 0.2) is 46.6 Å². The average Bonchev–Trinajstić information content (AvgIpc) is 2.48.